The molecule has 34 heavy (non-hydrogen) atoms. The Bertz CT molecular complexity index is 984. The molecule has 0 saturated carbocycles. The summed E-state index contributed by atoms with van der Waals surface area (Å²) in [5.41, 5.74) is 3.14. The molecule has 3 rings (SSSR count). The van der Waals surface area contributed by atoms with Crippen molar-refractivity contribution in [3.63, 3.8) is 0 Å². The molecule has 0 aliphatic carbocycles. The van der Waals surface area contributed by atoms with E-state index in [0.717, 1.165) is 43.6 Å². The van der Waals surface area contributed by atoms with Crippen molar-refractivity contribution in [3.05, 3.63) is 33.9 Å². The second-order valence-electron chi connectivity index (χ2n) is 8.95. The molecular formula is C25H33FN2O6. The molecule has 2 heterocycles. The first kappa shape index (κ1) is 25.7. The van der Waals surface area contributed by atoms with E-state index >= 15 is 0 Å². The van der Waals surface area contributed by atoms with Crippen LogP contribution in [0.25, 0.3) is 0 Å². The van der Waals surface area contributed by atoms with Crippen molar-refractivity contribution in [3.8, 4) is 5.75 Å². The number of hydrogen-bond acceptors (Lipinski definition) is 6. The van der Waals surface area contributed by atoms with Crippen LogP contribution in [-0.4, -0.2) is 61.3 Å². The van der Waals surface area contributed by atoms with Crippen molar-refractivity contribution in [2.75, 3.05) is 38.7 Å². The number of nitrogens with zero attached hydrogens (tertiary/aromatic N) is 1. The Hall–Kier alpha value is -2.94. The number of carboxylic acid groups (broad SMARTS) is 1. The number of ether oxygens (including phenoxy) is 2. The highest BCUT2D eigenvalue weighted by atomic mass is 19.1. The lowest BCUT2D eigenvalue weighted by Gasteiger charge is -2.20. The van der Waals surface area contributed by atoms with E-state index in [4.69, 9.17) is 9.47 Å². The molecule has 1 fully saturated rings. The maximum atomic E-state index is 13.0. The van der Waals surface area contributed by atoms with Gasteiger partial charge in [-0.05, 0) is 71.1 Å². The number of nitrogens with one attached hydrogen (secondary N) is 1. The number of likely N-dealkylation sites (tertiary alicyclic amines) is 1. The monoisotopic (exact) mass is 476 g/mol. The summed E-state index contributed by atoms with van der Waals surface area (Å²) in [6.07, 6.45) is 5.44. The van der Waals surface area contributed by atoms with Crippen LogP contribution < -0.4 is 10.1 Å². The summed E-state index contributed by atoms with van der Waals surface area (Å²) in [7, 11) is 1.49. The first-order valence-electron chi connectivity index (χ1n) is 11.6. The van der Waals surface area contributed by atoms with Gasteiger partial charge in [0.1, 0.15) is 12.4 Å². The van der Waals surface area contributed by atoms with Crippen molar-refractivity contribution < 1.29 is 33.4 Å². The number of methoxy groups -OCH3 is 1. The molecule has 8 nitrogen and oxygen atoms in total. The van der Waals surface area contributed by atoms with Gasteiger partial charge < -0.3 is 24.8 Å². The van der Waals surface area contributed by atoms with Crippen LogP contribution in [0.5, 0.6) is 5.75 Å². The summed E-state index contributed by atoms with van der Waals surface area (Å²) < 4.78 is 23.8. The van der Waals surface area contributed by atoms with Gasteiger partial charge in [0.05, 0.1) is 24.3 Å². The Labute approximate surface area is 199 Å². The Balaban J connectivity index is 1.85. The van der Waals surface area contributed by atoms with Crippen LogP contribution in [0.2, 0.25) is 0 Å². The van der Waals surface area contributed by atoms with Gasteiger partial charge in [0.15, 0.2) is 6.67 Å². The number of carbonyl (C=O) groups excluding carboxylic acids is 2. The van der Waals surface area contributed by atoms with Crippen molar-refractivity contribution in [1.29, 1.82) is 0 Å². The average Bonchev–Trinajstić information content (AvgIpc) is 3.46. The molecule has 0 aromatic heterocycles. The molecule has 1 aromatic rings. The molecule has 1 saturated heterocycles. The van der Waals surface area contributed by atoms with E-state index in [1.54, 1.807) is 6.92 Å². The summed E-state index contributed by atoms with van der Waals surface area (Å²) in [6, 6.07) is 0. The van der Waals surface area contributed by atoms with Crippen LogP contribution in [-0.2, 0) is 27.4 Å². The van der Waals surface area contributed by atoms with E-state index in [0.29, 0.717) is 29.7 Å². The minimum Gasteiger partial charge on any atom is -0.496 e. The fourth-order valence-electron chi connectivity index (χ4n) is 4.77. The smallest absolute Gasteiger partial charge is 0.341 e. The van der Waals surface area contributed by atoms with Gasteiger partial charge in [-0.2, -0.15) is 0 Å². The number of allylic oxidation sites excluding steroid dienone is 2. The highest BCUT2D eigenvalue weighted by Crippen LogP contribution is 2.41. The molecule has 2 N–H and O–H groups in total. The minimum absolute atomic E-state index is 0.0569. The lowest BCUT2D eigenvalue weighted by Crippen LogP contribution is -2.25. The van der Waals surface area contributed by atoms with E-state index in [1.807, 2.05) is 13.0 Å². The third-order valence-corrected chi connectivity index (χ3v) is 6.63. The second-order valence-corrected chi connectivity index (χ2v) is 8.95. The number of aliphatic carboxylic acids is 1. The zero-order valence-corrected chi connectivity index (χ0v) is 20.0. The second kappa shape index (κ2) is 11.5. The Morgan fingerprint density at radius 1 is 1.32 bits per heavy atom. The molecule has 0 spiro atoms. The topological polar surface area (TPSA) is 105 Å². The van der Waals surface area contributed by atoms with Crippen LogP contribution in [0, 0.1) is 12.8 Å². The fourth-order valence-corrected chi connectivity index (χ4v) is 4.77. The number of benzene rings is 1. The molecule has 1 atom stereocenters. The molecule has 0 radical (unpaired) electrons. The number of anilines is 1. The number of amides is 1. The Kier molecular flexibility index (Phi) is 8.66. The highest BCUT2D eigenvalue weighted by Gasteiger charge is 2.32. The third kappa shape index (κ3) is 5.75. The first-order valence-corrected chi connectivity index (χ1v) is 11.6. The van der Waals surface area contributed by atoms with Crippen molar-refractivity contribution >= 4 is 23.5 Å². The number of halogens is 1. The molecule has 1 amide bonds. The third-order valence-electron chi connectivity index (χ3n) is 6.63. The average molecular weight is 477 g/mol. The van der Waals surface area contributed by atoms with Gasteiger partial charge >= 0.3 is 11.9 Å². The summed E-state index contributed by atoms with van der Waals surface area (Å²) in [6.45, 7) is 5.31. The fraction of sp³-hybridized carbons (Fsp3) is 0.560. The van der Waals surface area contributed by atoms with Crippen molar-refractivity contribution in [1.82, 2.24) is 4.90 Å². The quantitative estimate of drug-likeness (QED) is 0.371. The Morgan fingerprint density at radius 2 is 2.03 bits per heavy atom. The van der Waals surface area contributed by atoms with Gasteiger partial charge in [0.2, 0.25) is 0 Å². The zero-order chi connectivity index (χ0) is 24.8. The SMILES string of the molecule is COc1c(C)c2c(c(NC(=O)CF)c1C/C=C(\C)CC(CCN1CCCC1)C(=O)O)C(=O)OC2. The molecular weight excluding hydrogens is 443 g/mol. The number of esters is 1. The number of carbonyl (C=O) groups is 3. The number of hydrogen-bond donors (Lipinski definition) is 2. The summed E-state index contributed by atoms with van der Waals surface area (Å²) in [4.78, 5) is 38.4. The lowest BCUT2D eigenvalue weighted by molar-refractivity contribution is -0.142. The number of rotatable bonds is 11. The maximum absolute atomic E-state index is 13.0. The van der Waals surface area contributed by atoms with Crippen LogP contribution in [0.1, 0.15) is 59.7 Å². The van der Waals surface area contributed by atoms with Crippen LogP contribution in [0.15, 0.2) is 11.6 Å². The van der Waals surface area contributed by atoms with E-state index in [9.17, 15) is 23.9 Å². The van der Waals surface area contributed by atoms with E-state index in [-0.39, 0.29) is 24.3 Å². The van der Waals surface area contributed by atoms with Crippen molar-refractivity contribution in [2.45, 2.75) is 52.6 Å². The van der Waals surface area contributed by atoms with Crippen LogP contribution in [0.3, 0.4) is 0 Å². The first-order chi connectivity index (χ1) is 16.3. The summed E-state index contributed by atoms with van der Waals surface area (Å²) in [5.74, 6) is -2.29. The van der Waals surface area contributed by atoms with Gasteiger partial charge in [0.25, 0.3) is 5.91 Å². The molecule has 0 bridgehead atoms. The number of carboxylic acids is 1. The zero-order valence-electron chi connectivity index (χ0n) is 20.0. The van der Waals surface area contributed by atoms with E-state index < -0.39 is 30.4 Å². The minimum atomic E-state index is -1.23. The normalized spacial score (nSPS) is 16.8. The van der Waals surface area contributed by atoms with Gasteiger partial charge in [-0.1, -0.05) is 11.6 Å². The van der Waals surface area contributed by atoms with E-state index in [2.05, 4.69) is 10.2 Å². The molecule has 186 valence electrons. The highest BCUT2D eigenvalue weighted by molar-refractivity contribution is 6.06. The predicted molar refractivity (Wildman–Crippen MR) is 125 cm³/mol. The number of fused-ring (bicyclic) bond motifs is 1. The Morgan fingerprint density at radius 3 is 2.65 bits per heavy atom. The maximum Gasteiger partial charge on any atom is 0.341 e. The standard InChI is InChI=1S/C25H33FN2O6/c1-15(12-17(24(30)31)8-11-28-9-4-5-10-28)6-7-18-22(27-20(29)13-26)21-19(14-34-25(21)32)16(2)23(18)33-3/h6,17H,4-5,7-14H2,1-3H3,(H,27,29)(H,30,31)/b15-6+. The van der Waals surface area contributed by atoms with Gasteiger partial charge in [-0.3, -0.25) is 9.59 Å². The molecule has 1 unspecified atom stereocenters. The molecule has 9 heteroatoms. The molecule has 2 aliphatic heterocycles. The lowest BCUT2D eigenvalue weighted by atomic mass is 9.92. The van der Waals surface area contributed by atoms with Gasteiger partial charge in [0, 0.05) is 11.1 Å². The largest absolute Gasteiger partial charge is 0.496 e. The van der Waals surface area contributed by atoms with Gasteiger partial charge in [-0.15, -0.1) is 0 Å². The van der Waals surface area contributed by atoms with Crippen LogP contribution >= 0.6 is 0 Å². The van der Waals surface area contributed by atoms with Gasteiger partial charge in [-0.25, -0.2) is 9.18 Å². The number of cyclic esters (lactones) is 1. The predicted octanol–water partition coefficient (Wildman–Crippen LogP) is 3.65. The number of alkyl halides is 1. The molecule has 1 aromatic carbocycles. The van der Waals surface area contributed by atoms with Crippen LogP contribution in [0.4, 0.5) is 10.1 Å². The molecule has 2 aliphatic rings. The summed E-state index contributed by atoms with van der Waals surface area (Å²) in [5, 5.41) is 12.2. The summed E-state index contributed by atoms with van der Waals surface area (Å²) >= 11 is 0. The van der Waals surface area contributed by atoms with Crippen molar-refractivity contribution in [2.24, 2.45) is 5.92 Å². The van der Waals surface area contributed by atoms with E-state index in [1.165, 1.54) is 7.11 Å².